The van der Waals surface area contributed by atoms with Gasteiger partial charge in [-0.2, -0.15) is 0 Å². The second-order valence-electron chi connectivity index (χ2n) is 3.43. The summed E-state index contributed by atoms with van der Waals surface area (Å²) >= 11 is 0. The number of hydrogen-bond acceptors (Lipinski definition) is 2. The molecule has 1 saturated carbocycles. The van der Waals surface area contributed by atoms with E-state index >= 15 is 0 Å². The van der Waals surface area contributed by atoms with Gasteiger partial charge >= 0.3 is 0 Å². The molecular weight excluding hydrogens is 152 g/mol. The van der Waals surface area contributed by atoms with E-state index in [0.717, 1.165) is 12.8 Å². The van der Waals surface area contributed by atoms with Crippen LogP contribution in [0.2, 0.25) is 0 Å². The lowest BCUT2D eigenvalue weighted by Crippen LogP contribution is -2.25. The van der Waals surface area contributed by atoms with Gasteiger partial charge in [-0.05, 0) is 19.8 Å². The minimum Gasteiger partial charge on any atom is -0.462 e. The van der Waals surface area contributed by atoms with E-state index in [9.17, 15) is 4.79 Å². The third-order valence-electron chi connectivity index (χ3n) is 2.18. The van der Waals surface area contributed by atoms with Crippen LogP contribution in [-0.2, 0) is 9.53 Å². The molecule has 0 spiro atoms. The Morgan fingerprint density at radius 1 is 1.25 bits per heavy atom. The highest BCUT2D eigenvalue weighted by Crippen LogP contribution is 2.17. The largest absolute Gasteiger partial charge is 0.462 e. The van der Waals surface area contributed by atoms with Gasteiger partial charge in [0.05, 0.1) is 0 Å². The van der Waals surface area contributed by atoms with Gasteiger partial charge in [0.15, 0.2) is 0 Å². The summed E-state index contributed by atoms with van der Waals surface area (Å²) in [7, 11) is 0. The molecule has 0 bridgehead atoms. The number of rotatable bonds is 4. The van der Waals surface area contributed by atoms with Crippen molar-refractivity contribution in [3.8, 4) is 0 Å². The molecule has 72 valence electrons. The Kier molecular flexibility index (Phi) is 5.77. The topological polar surface area (TPSA) is 26.3 Å². The van der Waals surface area contributed by atoms with Crippen LogP contribution in [0.15, 0.2) is 0 Å². The summed E-state index contributed by atoms with van der Waals surface area (Å²) in [5.74, 6) is 0. The fourth-order valence-corrected chi connectivity index (χ4v) is 0.533. The van der Waals surface area contributed by atoms with Crippen molar-refractivity contribution in [2.24, 2.45) is 0 Å². The van der Waals surface area contributed by atoms with Crippen LogP contribution in [0.25, 0.3) is 0 Å². The van der Waals surface area contributed by atoms with E-state index in [2.05, 4.69) is 0 Å². The van der Waals surface area contributed by atoms with Crippen molar-refractivity contribution in [2.45, 2.75) is 58.5 Å². The maximum Gasteiger partial charge on any atom is 0.293 e. The zero-order valence-corrected chi connectivity index (χ0v) is 8.43. The Hall–Kier alpha value is -0.530. The standard InChI is InChI=1S/C7H14O2.C3H6/c1-4-7(3,5-2)9-6-8;1-2-3-1/h6H,4-5H2,1-3H3;1-3H2. The van der Waals surface area contributed by atoms with Crippen LogP contribution < -0.4 is 0 Å². The first-order valence-corrected chi connectivity index (χ1v) is 4.80. The van der Waals surface area contributed by atoms with E-state index in [0.29, 0.717) is 6.47 Å². The fraction of sp³-hybridized carbons (Fsp3) is 0.900. The first-order valence-electron chi connectivity index (χ1n) is 4.80. The van der Waals surface area contributed by atoms with Gasteiger partial charge in [0.2, 0.25) is 0 Å². The van der Waals surface area contributed by atoms with Crippen LogP contribution in [0.1, 0.15) is 52.9 Å². The predicted molar refractivity (Wildman–Crippen MR) is 50.0 cm³/mol. The molecule has 0 aromatic carbocycles. The van der Waals surface area contributed by atoms with E-state index in [1.54, 1.807) is 0 Å². The summed E-state index contributed by atoms with van der Waals surface area (Å²) < 4.78 is 4.85. The second kappa shape index (κ2) is 6.04. The van der Waals surface area contributed by atoms with E-state index in [1.165, 1.54) is 19.3 Å². The van der Waals surface area contributed by atoms with E-state index in [1.807, 2.05) is 20.8 Å². The Labute approximate surface area is 75.3 Å². The smallest absolute Gasteiger partial charge is 0.293 e. The lowest BCUT2D eigenvalue weighted by atomic mass is 10.0. The lowest BCUT2D eigenvalue weighted by molar-refractivity contribution is -0.142. The van der Waals surface area contributed by atoms with Crippen molar-refractivity contribution in [3.63, 3.8) is 0 Å². The van der Waals surface area contributed by atoms with Crippen molar-refractivity contribution >= 4 is 6.47 Å². The second-order valence-corrected chi connectivity index (χ2v) is 3.43. The van der Waals surface area contributed by atoms with Gasteiger partial charge in [-0.1, -0.05) is 33.1 Å². The first-order chi connectivity index (χ1) is 5.68. The van der Waals surface area contributed by atoms with Crippen LogP contribution in [-0.4, -0.2) is 12.1 Å². The van der Waals surface area contributed by atoms with Crippen molar-refractivity contribution in [3.05, 3.63) is 0 Å². The average Bonchev–Trinajstić information content (AvgIpc) is 2.91. The molecule has 12 heavy (non-hydrogen) atoms. The lowest BCUT2D eigenvalue weighted by Gasteiger charge is -2.23. The molecule has 1 rings (SSSR count). The molecule has 0 aromatic rings. The number of carbonyl (C=O) groups excluding carboxylic acids is 1. The number of hydrogen-bond donors (Lipinski definition) is 0. The summed E-state index contributed by atoms with van der Waals surface area (Å²) in [6.07, 6.45) is 6.25. The molecule has 0 aliphatic heterocycles. The summed E-state index contributed by atoms with van der Waals surface area (Å²) in [6, 6.07) is 0. The van der Waals surface area contributed by atoms with Gasteiger partial charge < -0.3 is 4.74 Å². The average molecular weight is 172 g/mol. The van der Waals surface area contributed by atoms with Gasteiger partial charge in [-0.25, -0.2) is 0 Å². The monoisotopic (exact) mass is 172 g/mol. The van der Waals surface area contributed by atoms with Gasteiger partial charge in [0.1, 0.15) is 5.60 Å². The van der Waals surface area contributed by atoms with Crippen molar-refractivity contribution in [2.75, 3.05) is 0 Å². The summed E-state index contributed by atoms with van der Waals surface area (Å²) in [5.41, 5.74) is -0.234. The molecule has 0 N–H and O–H groups in total. The van der Waals surface area contributed by atoms with E-state index in [4.69, 9.17) is 4.74 Å². The molecule has 2 nitrogen and oxygen atoms in total. The first kappa shape index (κ1) is 11.5. The van der Waals surface area contributed by atoms with Crippen molar-refractivity contribution < 1.29 is 9.53 Å². The van der Waals surface area contributed by atoms with Gasteiger partial charge in [-0.15, -0.1) is 0 Å². The summed E-state index contributed by atoms with van der Waals surface area (Å²) in [4.78, 5) is 9.92. The molecular formula is C10H20O2. The van der Waals surface area contributed by atoms with Gasteiger partial charge in [0, 0.05) is 0 Å². The minimum absolute atomic E-state index is 0.234. The van der Waals surface area contributed by atoms with E-state index in [-0.39, 0.29) is 5.60 Å². The molecule has 1 aliphatic rings. The Morgan fingerprint density at radius 3 is 1.75 bits per heavy atom. The molecule has 0 saturated heterocycles. The maximum absolute atomic E-state index is 9.92. The molecule has 0 atom stereocenters. The molecule has 1 fully saturated rings. The van der Waals surface area contributed by atoms with Crippen LogP contribution in [0.4, 0.5) is 0 Å². The molecule has 2 heteroatoms. The highest BCUT2D eigenvalue weighted by atomic mass is 16.5. The molecule has 0 aromatic heterocycles. The summed E-state index contributed by atoms with van der Waals surface area (Å²) in [6.45, 7) is 6.47. The fourth-order valence-electron chi connectivity index (χ4n) is 0.533. The zero-order valence-electron chi connectivity index (χ0n) is 8.43. The van der Waals surface area contributed by atoms with Crippen molar-refractivity contribution in [1.29, 1.82) is 0 Å². The van der Waals surface area contributed by atoms with Crippen LogP contribution >= 0.6 is 0 Å². The third-order valence-corrected chi connectivity index (χ3v) is 2.18. The highest BCUT2D eigenvalue weighted by Gasteiger charge is 2.19. The Morgan fingerprint density at radius 2 is 1.67 bits per heavy atom. The zero-order chi connectivity index (χ0) is 9.45. The SMILES string of the molecule is C1CC1.CCC(C)(CC)OC=O. The van der Waals surface area contributed by atoms with Gasteiger partial charge in [-0.3, -0.25) is 4.79 Å². The predicted octanol–water partition coefficient (Wildman–Crippen LogP) is 2.91. The molecule has 0 radical (unpaired) electrons. The highest BCUT2D eigenvalue weighted by molar-refractivity contribution is 5.38. The Bertz CT molecular complexity index is 112. The summed E-state index contributed by atoms with van der Waals surface area (Å²) in [5, 5.41) is 0. The van der Waals surface area contributed by atoms with Crippen LogP contribution in [0, 0.1) is 0 Å². The van der Waals surface area contributed by atoms with Gasteiger partial charge in [0.25, 0.3) is 6.47 Å². The quantitative estimate of drug-likeness (QED) is 0.609. The number of carbonyl (C=O) groups is 1. The Balaban J connectivity index is 0.000000330. The maximum atomic E-state index is 9.92. The molecule has 0 heterocycles. The van der Waals surface area contributed by atoms with E-state index < -0.39 is 0 Å². The van der Waals surface area contributed by atoms with Crippen LogP contribution in [0.5, 0.6) is 0 Å². The molecule has 1 aliphatic carbocycles. The third kappa shape index (κ3) is 6.20. The molecule has 0 unspecified atom stereocenters. The molecule has 0 amide bonds. The minimum atomic E-state index is -0.234. The van der Waals surface area contributed by atoms with Crippen molar-refractivity contribution in [1.82, 2.24) is 0 Å². The number of ether oxygens (including phenoxy) is 1. The normalized spacial score (nSPS) is 14.2. The van der Waals surface area contributed by atoms with Crippen LogP contribution in [0.3, 0.4) is 0 Å².